The van der Waals surface area contributed by atoms with Crippen molar-refractivity contribution in [2.24, 2.45) is 0 Å². The monoisotopic (exact) mass is 222 g/mol. The number of carbonyl (C=O) groups is 1. The summed E-state index contributed by atoms with van der Waals surface area (Å²) in [7, 11) is 0. The number of thioether (sulfide) groups is 1. The lowest BCUT2D eigenvalue weighted by atomic mass is 10.4. The molecule has 0 saturated carbocycles. The van der Waals surface area contributed by atoms with Gasteiger partial charge in [0.15, 0.2) is 6.29 Å². The van der Waals surface area contributed by atoms with Crippen molar-refractivity contribution in [2.75, 3.05) is 0 Å². The molecular formula is C9H10N4OS. The van der Waals surface area contributed by atoms with Crippen LogP contribution in [-0.2, 0) is 0 Å². The number of aldehydes is 1. The molecule has 0 saturated heterocycles. The Hall–Kier alpha value is -1.43. The molecule has 78 valence electrons. The van der Waals surface area contributed by atoms with Crippen LogP contribution in [-0.4, -0.2) is 31.1 Å². The van der Waals surface area contributed by atoms with Crippen molar-refractivity contribution in [1.29, 1.82) is 0 Å². The van der Waals surface area contributed by atoms with Crippen LogP contribution in [0.5, 0.6) is 0 Å². The largest absolute Gasteiger partial charge is 0.298 e. The molecule has 0 N–H and O–H groups in total. The lowest BCUT2D eigenvalue weighted by Crippen LogP contribution is -1.93. The van der Waals surface area contributed by atoms with Crippen molar-refractivity contribution >= 4 is 23.8 Å². The molecule has 0 aliphatic rings. The highest BCUT2D eigenvalue weighted by molar-refractivity contribution is 7.99. The lowest BCUT2D eigenvalue weighted by molar-refractivity contribution is 0.112. The van der Waals surface area contributed by atoms with Crippen LogP contribution in [0.15, 0.2) is 17.6 Å². The molecule has 0 bridgehead atoms. The molecule has 2 rings (SSSR count). The Labute approximate surface area is 90.9 Å². The highest BCUT2D eigenvalue weighted by Gasteiger charge is 2.07. The first kappa shape index (κ1) is 10.1. The van der Waals surface area contributed by atoms with Gasteiger partial charge in [-0.25, -0.2) is 9.50 Å². The first-order chi connectivity index (χ1) is 7.19. The van der Waals surface area contributed by atoms with Crippen molar-refractivity contribution in [1.82, 2.24) is 19.6 Å². The quantitative estimate of drug-likeness (QED) is 0.581. The Kier molecular flexibility index (Phi) is 2.68. The van der Waals surface area contributed by atoms with Crippen LogP contribution in [0, 0.1) is 0 Å². The molecule has 0 atom stereocenters. The van der Waals surface area contributed by atoms with Gasteiger partial charge in [0.05, 0.1) is 5.56 Å². The number of hydrogen-bond acceptors (Lipinski definition) is 5. The van der Waals surface area contributed by atoms with E-state index in [2.05, 4.69) is 28.9 Å². The molecule has 2 aromatic heterocycles. The second-order valence-electron chi connectivity index (χ2n) is 3.31. The van der Waals surface area contributed by atoms with Crippen LogP contribution in [0.2, 0.25) is 0 Å². The maximum absolute atomic E-state index is 10.5. The molecule has 15 heavy (non-hydrogen) atoms. The summed E-state index contributed by atoms with van der Waals surface area (Å²) < 4.78 is 1.52. The van der Waals surface area contributed by atoms with Gasteiger partial charge in [0.2, 0.25) is 5.16 Å². The Bertz CT molecular complexity index is 494. The van der Waals surface area contributed by atoms with E-state index in [0.717, 1.165) is 6.29 Å². The van der Waals surface area contributed by atoms with E-state index in [9.17, 15) is 4.79 Å². The van der Waals surface area contributed by atoms with Gasteiger partial charge >= 0.3 is 0 Å². The molecule has 0 amide bonds. The van der Waals surface area contributed by atoms with E-state index in [4.69, 9.17) is 0 Å². The summed E-state index contributed by atoms with van der Waals surface area (Å²) >= 11 is 1.57. The van der Waals surface area contributed by atoms with Gasteiger partial charge in [-0.1, -0.05) is 25.6 Å². The van der Waals surface area contributed by atoms with Gasteiger partial charge < -0.3 is 0 Å². The summed E-state index contributed by atoms with van der Waals surface area (Å²) in [5, 5.41) is 5.31. The smallest absolute Gasteiger partial charge is 0.253 e. The van der Waals surface area contributed by atoms with Gasteiger partial charge in [0.1, 0.15) is 0 Å². The van der Waals surface area contributed by atoms with Crippen molar-refractivity contribution in [3.8, 4) is 0 Å². The molecule has 0 aliphatic heterocycles. The highest BCUT2D eigenvalue weighted by atomic mass is 32.2. The predicted molar refractivity (Wildman–Crippen MR) is 57.2 cm³/mol. The van der Waals surface area contributed by atoms with Crippen molar-refractivity contribution in [3.63, 3.8) is 0 Å². The second kappa shape index (κ2) is 3.98. The minimum atomic E-state index is 0.424. The van der Waals surface area contributed by atoms with Crippen LogP contribution in [0.1, 0.15) is 24.2 Å². The fraction of sp³-hybridized carbons (Fsp3) is 0.333. The number of carbonyl (C=O) groups excluding carboxylic acids is 1. The Morgan fingerprint density at radius 3 is 3.00 bits per heavy atom. The second-order valence-corrected chi connectivity index (χ2v) is 4.85. The van der Waals surface area contributed by atoms with Gasteiger partial charge in [0, 0.05) is 17.6 Å². The van der Waals surface area contributed by atoms with Gasteiger partial charge in [0.25, 0.3) is 5.78 Å². The normalized spacial score (nSPS) is 11.1. The molecule has 5 nitrogen and oxygen atoms in total. The van der Waals surface area contributed by atoms with Crippen LogP contribution in [0.4, 0.5) is 0 Å². The van der Waals surface area contributed by atoms with Crippen LogP contribution < -0.4 is 0 Å². The molecular weight excluding hydrogens is 212 g/mol. The topological polar surface area (TPSA) is 60.2 Å². The minimum Gasteiger partial charge on any atom is -0.298 e. The summed E-state index contributed by atoms with van der Waals surface area (Å²) in [4.78, 5) is 18.8. The first-order valence-electron chi connectivity index (χ1n) is 4.53. The Morgan fingerprint density at radius 2 is 2.33 bits per heavy atom. The third-order valence-corrected chi connectivity index (χ3v) is 2.53. The van der Waals surface area contributed by atoms with Crippen molar-refractivity contribution in [3.05, 3.63) is 18.0 Å². The number of nitrogens with zero attached hydrogens (tertiary/aromatic N) is 4. The summed E-state index contributed by atoms with van der Waals surface area (Å²) in [6.45, 7) is 4.14. The van der Waals surface area contributed by atoms with Crippen molar-refractivity contribution < 1.29 is 4.79 Å². The number of aromatic nitrogens is 4. The van der Waals surface area contributed by atoms with E-state index in [1.165, 1.54) is 10.7 Å². The van der Waals surface area contributed by atoms with Gasteiger partial charge in [-0.15, -0.1) is 5.10 Å². The third kappa shape index (κ3) is 2.15. The van der Waals surface area contributed by atoms with E-state index < -0.39 is 0 Å². The average Bonchev–Trinajstić information content (AvgIpc) is 2.57. The maximum Gasteiger partial charge on any atom is 0.253 e. The standard InChI is InChI=1S/C9H10N4OS/c1-6(2)15-9-11-8-10-3-7(5-14)4-13(8)12-9/h3-6H,1-2H3. The van der Waals surface area contributed by atoms with E-state index >= 15 is 0 Å². The molecule has 0 aromatic carbocycles. The fourth-order valence-corrected chi connectivity index (χ4v) is 1.79. The fourth-order valence-electron chi connectivity index (χ4n) is 1.10. The predicted octanol–water partition coefficient (Wildman–Crippen LogP) is 1.44. The Morgan fingerprint density at radius 1 is 1.53 bits per heavy atom. The molecule has 6 heteroatoms. The van der Waals surface area contributed by atoms with E-state index in [1.54, 1.807) is 18.0 Å². The third-order valence-electron chi connectivity index (χ3n) is 1.67. The molecule has 2 aromatic rings. The number of fused-ring (bicyclic) bond motifs is 1. The zero-order chi connectivity index (χ0) is 10.8. The maximum atomic E-state index is 10.5. The number of rotatable bonds is 3. The SMILES string of the molecule is CC(C)Sc1nc2ncc(C=O)cn2n1. The van der Waals surface area contributed by atoms with Gasteiger partial charge in [-0.2, -0.15) is 4.98 Å². The lowest BCUT2D eigenvalue weighted by Gasteiger charge is -1.96. The first-order valence-corrected chi connectivity index (χ1v) is 5.41. The van der Waals surface area contributed by atoms with E-state index in [1.807, 2.05) is 0 Å². The zero-order valence-corrected chi connectivity index (χ0v) is 9.23. The number of hydrogen-bond donors (Lipinski definition) is 0. The Balaban J connectivity index is 2.42. The minimum absolute atomic E-state index is 0.424. The van der Waals surface area contributed by atoms with E-state index in [0.29, 0.717) is 21.7 Å². The summed E-state index contributed by atoms with van der Waals surface area (Å²) in [6, 6.07) is 0. The van der Waals surface area contributed by atoms with Crippen LogP contribution >= 0.6 is 11.8 Å². The summed E-state index contributed by atoms with van der Waals surface area (Å²) in [5.41, 5.74) is 0.494. The molecule has 0 spiro atoms. The molecule has 0 radical (unpaired) electrons. The molecule has 0 unspecified atom stereocenters. The molecule has 0 aliphatic carbocycles. The summed E-state index contributed by atoms with van der Waals surface area (Å²) in [6.07, 6.45) is 3.84. The summed E-state index contributed by atoms with van der Waals surface area (Å²) in [5.74, 6) is 0.517. The highest BCUT2D eigenvalue weighted by Crippen LogP contribution is 2.18. The zero-order valence-electron chi connectivity index (χ0n) is 8.41. The molecule has 2 heterocycles. The van der Waals surface area contributed by atoms with Crippen molar-refractivity contribution in [2.45, 2.75) is 24.3 Å². The average molecular weight is 222 g/mol. The van der Waals surface area contributed by atoms with Crippen LogP contribution in [0.3, 0.4) is 0 Å². The van der Waals surface area contributed by atoms with Crippen LogP contribution in [0.25, 0.3) is 5.78 Å². The van der Waals surface area contributed by atoms with Gasteiger partial charge in [-0.3, -0.25) is 4.79 Å². The van der Waals surface area contributed by atoms with E-state index in [-0.39, 0.29) is 0 Å². The molecule has 0 fully saturated rings. The van der Waals surface area contributed by atoms with Gasteiger partial charge in [-0.05, 0) is 0 Å².